The van der Waals surface area contributed by atoms with E-state index in [1.54, 1.807) is 19.1 Å². The van der Waals surface area contributed by atoms with Crippen molar-refractivity contribution in [2.24, 2.45) is 0 Å². The minimum Gasteiger partial charge on any atom is -0.462 e. The van der Waals surface area contributed by atoms with Crippen LogP contribution in [-0.4, -0.2) is 27.2 Å². The van der Waals surface area contributed by atoms with Crippen molar-refractivity contribution >= 4 is 29.0 Å². The van der Waals surface area contributed by atoms with Gasteiger partial charge in [0.1, 0.15) is 22.4 Å². The molecule has 3 aromatic rings. The van der Waals surface area contributed by atoms with Gasteiger partial charge in [0.05, 0.1) is 18.4 Å². The molecule has 2 aromatic heterocycles. The maximum atomic E-state index is 14.0. The second-order valence-electron chi connectivity index (χ2n) is 4.66. The van der Waals surface area contributed by atoms with Gasteiger partial charge in [0.2, 0.25) is 0 Å². The average Bonchev–Trinajstić information content (AvgIpc) is 2.93. The highest BCUT2D eigenvalue weighted by molar-refractivity contribution is 6.33. The van der Waals surface area contributed by atoms with Crippen molar-refractivity contribution in [3.8, 4) is 11.1 Å². The first-order chi connectivity index (χ1) is 11.0. The molecule has 0 saturated carbocycles. The van der Waals surface area contributed by atoms with Crippen molar-refractivity contribution in [2.75, 3.05) is 12.3 Å². The Balaban J connectivity index is 2.24. The normalized spacial score (nSPS) is 10.9. The molecule has 2 N–H and O–H groups in total. The summed E-state index contributed by atoms with van der Waals surface area (Å²) in [7, 11) is 0. The van der Waals surface area contributed by atoms with E-state index in [0.717, 1.165) is 0 Å². The summed E-state index contributed by atoms with van der Waals surface area (Å²) >= 11 is 6.17. The Morgan fingerprint density at radius 1 is 1.43 bits per heavy atom. The number of carbonyl (C=O) groups excluding carboxylic acids is 1. The molecule has 0 unspecified atom stereocenters. The van der Waals surface area contributed by atoms with Crippen LogP contribution in [0.15, 0.2) is 30.5 Å². The Morgan fingerprint density at radius 2 is 2.17 bits per heavy atom. The van der Waals surface area contributed by atoms with Gasteiger partial charge >= 0.3 is 5.97 Å². The Hall–Kier alpha value is -2.67. The molecule has 0 aliphatic carbocycles. The Morgan fingerprint density at radius 3 is 2.87 bits per heavy atom. The number of halogens is 2. The van der Waals surface area contributed by atoms with Gasteiger partial charge in [-0.2, -0.15) is 9.61 Å². The van der Waals surface area contributed by atoms with Gasteiger partial charge in [-0.3, -0.25) is 0 Å². The number of hydrogen-bond donors (Lipinski definition) is 1. The summed E-state index contributed by atoms with van der Waals surface area (Å²) in [5, 5.41) is 4.00. The van der Waals surface area contributed by atoms with Crippen molar-refractivity contribution < 1.29 is 13.9 Å². The van der Waals surface area contributed by atoms with E-state index in [2.05, 4.69) is 10.1 Å². The molecule has 0 aliphatic rings. The van der Waals surface area contributed by atoms with Crippen molar-refractivity contribution in [3.63, 3.8) is 0 Å². The van der Waals surface area contributed by atoms with E-state index in [4.69, 9.17) is 22.1 Å². The summed E-state index contributed by atoms with van der Waals surface area (Å²) in [5.41, 5.74) is 6.79. The highest BCUT2D eigenvalue weighted by Gasteiger charge is 2.22. The molecule has 0 radical (unpaired) electrons. The second-order valence-corrected chi connectivity index (χ2v) is 5.01. The zero-order valence-corrected chi connectivity index (χ0v) is 12.8. The summed E-state index contributed by atoms with van der Waals surface area (Å²) in [6.07, 6.45) is 1.29. The van der Waals surface area contributed by atoms with Crippen molar-refractivity contribution in [1.29, 1.82) is 0 Å². The third-order valence-corrected chi connectivity index (χ3v) is 3.55. The number of fused-ring (bicyclic) bond motifs is 1. The minimum atomic E-state index is -0.580. The molecule has 8 heteroatoms. The molecule has 23 heavy (non-hydrogen) atoms. The summed E-state index contributed by atoms with van der Waals surface area (Å²) in [5.74, 6) is -0.982. The molecule has 2 heterocycles. The van der Waals surface area contributed by atoms with Gasteiger partial charge in [-0.15, -0.1) is 0 Å². The van der Waals surface area contributed by atoms with Gasteiger partial charge < -0.3 is 10.5 Å². The number of ether oxygens (including phenoxy) is 1. The zero-order chi connectivity index (χ0) is 16.6. The number of carbonyl (C=O) groups is 1. The fourth-order valence-electron chi connectivity index (χ4n) is 2.25. The summed E-state index contributed by atoms with van der Waals surface area (Å²) in [6.45, 7) is 1.90. The minimum absolute atomic E-state index is 0.0221. The largest absolute Gasteiger partial charge is 0.462 e. The van der Waals surface area contributed by atoms with Crippen LogP contribution in [0.5, 0.6) is 0 Å². The van der Waals surface area contributed by atoms with E-state index in [1.165, 1.54) is 22.8 Å². The molecule has 0 bridgehead atoms. The quantitative estimate of drug-likeness (QED) is 0.588. The van der Waals surface area contributed by atoms with E-state index in [9.17, 15) is 9.18 Å². The molecule has 0 fully saturated rings. The van der Waals surface area contributed by atoms with Crippen molar-refractivity contribution in [2.45, 2.75) is 6.92 Å². The predicted octanol–water partition coefficient (Wildman–Crippen LogP) is 2.95. The number of nitrogens with zero attached hydrogens (tertiary/aromatic N) is 3. The molecule has 0 atom stereocenters. The fraction of sp³-hybridized carbons (Fsp3) is 0.133. The number of rotatable bonds is 3. The lowest BCUT2D eigenvalue weighted by Crippen LogP contribution is -2.08. The third kappa shape index (κ3) is 2.49. The first-order valence-corrected chi connectivity index (χ1v) is 7.17. The number of benzene rings is 1. The first kappa shape index (κ1) is 15.2. The highest BCUT2D eigenvalue weighted by Crippen LogP contribution is 2.34. The molecule has 1 aromatic carbocycles. The van der Waals surface area contributed by atoms with Crippen molar-refractivity contribution in [3.05, 3.63) is 47.0 Å². The van der Waals surface area contributed by atoms with Crippen LogP contribution in [0, 0.1) is 5.82 Å². The lowest BCUT2D eigenvalue weighted by atomic mass is 10.1. The number of esters is 1. The molecular formula is C15H12ClFN4O2. The van der Waals surface area contributed by atoms with Crippen LogP contribution < -0.4 is 5.73 Å². The van der Waals surface area contributed by atoms with Crippen LogP contribution in [0.4, 0.5) is 10.2 Å². The number of nitrogen functional groups attached to an aromatic ring is 1. The summed E-state index contributed by atoms with van der Waals surface area (Å²) in [6, 6.07) is 6.05. The van der Waals surface area contributed by atoms with Gasteiger partial charge in [-0.05, 0) is 13.0 Å². The third-order valence-electron chi connectivity index (χ3n) is 3.28. The standard InChI is InChI=1S/C15H12ClFN4O2/c1-2-23-15(22)9-7-19-21-13(18)11(12(16)20-14(9)21)8-5-3-4-6-10(8)17/h3-7H,2,18H2,1H3. The van der Waals surface area contributed by atoms with E-state index >= 15 is 0 Å². The predicted molar refractivity (Wildman–Crippen MR) is 83.8 cm³/mol. The average molecular weight is 335 g/mol. The van der Waals surface area contributed by atoms with Gasteiger partial charge in [0.25, 0.3) is 0 Å². The first-order valence-electron chi connectivity index (χ1n) is 6.79. The number of nitrogens with two attached hydrogens (primary N) is 1. The Labute approximate surface area is 135 Å². The Bertz CT molecular complexity index is 910. The van der Waals surface area contributed by atoms with E-state index in [1.807, 2.05) is 0 Å². The Kier molecular flexibility index (Phi) is 3.87. The van der Waals surface area contributed by atoms with Gasteiger partial charge in [-0.1, -0.05) is 29.8 Å². The smallest absolute Gasteiger partial charge is 0.343 e. The molecule has 0 saturated heterocycles. The molecular weight excluding hydrogens is 323 g/mol. The second kappa shape index (κ2) is 5.85. The lowest BCUT2D eigenvalue weighted by molar-refractivity contribution is 0.0528. The highest BCUT2D eigenvalue weighted by atomic mass is 35.5. The number of aromatic nitrogens is 3. The SMILES string of the molecule is CCOC(=O)c1cnn2c(N)c(-c3ccccc3F)c(Cl)nc12. The number of anilines is 1. The maximum absolute atomic E-state index is 14.0. The summed E-state index contributed by atoms with van der Waals surface area (Å²) in [4.78, 5) is 16.0. The van der Waals surface area contributed by atoms with Crippen molar-refractivity contribution in [1.82, 2.24) is 14.6 Å². The van der Waals surface area contributed by atoms with E-state index < -0.39 is 11.8 Å². The molecule has 0 spiro atoms. The van der Waals surface area contributed by atoms with Crippen LogP contribution in [-0.2, 0) is 4.74 Å². The molecule has 0 aliphatic heterocycles. The van der Waals surface area contributed by atoms with Gasteiger partial charge in [0, 0.05) is 5.56 Å². The van der Waals surface area contributed by atoms with Gasteiger partial charge in [-0.25, -0.2) is 14.2 Å². The molecule has 118 valence electrons. The topological polar surface area (TPSA) is 82.5 Å². The molecule has 3 rings (SSSR count). The maximum Gasteiger partial charge on any atom is 0.343 e. The lowest BCUT2D eigenvalue weighted by Gasteiger charge is -2.10. The zero-order valence-electron chi connectivity index (χ0n) is 12.1. The van der Waals surface area contributed by atoms with Crippen LogP contribution in [0.2, 0.25) is 5.15 Å². The van der Waals surface area contributed by atoms with E-state index in [-0.39, 0.29) is 39.9 Å². The number of hydrogen-bond acceptors (Lipinski definition) is 5. The van der Waals surface area contributed by atoms with Crippen LogP contribution in [0.3, 0.4) is 0 Å². The fourth-order valence-corrected chi connectivity index (χ4v) is 2.53. The van der Waals surface area contributed by atoms with Crippen LogP contribution >= 0.6 is 11.6 Å². The molecule has 0 amide bonds. The van der Waals surface area contributed by atoms with Gasteiger partial charge in [0.15, 0.2) is 5.65 Å². The van der Waals surface area contributed by atoms with Crippen LogP contribution in [0.1, 0.15) is 17.3 Å². The van der Waals surface area contributed by atoms with E-state index in [0.29, 0.717) is 0 Å². The molecule has 6 nitrogen and oxygen atoms in total. The monoisotopic (exact) mass is 334 g/mol. The van der Waals surface area contributed by atoms with Crippen LogP contribution in [0.25, 0.3) is 16.8 Å². The summed E-state index contributed by atoms with van der Waals surface area (Å²) < 4.78 is 20.2.